The third-order valence-electron chi connectivity index (χ3n) is 8.98. The highest BCUT2D eigenvalue weighted by atomic mass is 16.6. The number of aromatic nitrogens is 4. The molecule has 0 bridgehead atoms. The molecule has 4 rings (SSSR count). The van der Waals surface area contributed by atoms with Crippen LogP contribution in [0, 0.1) is 11.8 Å². The second kappa shape index (κ2) is 24.8. The van der Waals surface area contributed by atoms with Crippen LogP contribution in [0.5, 0.6) is 0 Å². The average molecular weight is 807 g/mol. The summed E-state index contributed by atoms with van der Waals surface area (Å²) >= 11 is 0. The third-order valence-corrected chi connectivity index (χ3v) is 8.98. The van der Waals surface area contributed by atoms with Gasteiger partial charge in [0.2, 0.25) is 23.6 Å². The zero-order valence-electron chi connectivity index (χ0n) is 34.8. The molecular weight excluding hydrogens is 748 g/mol. The molecule has 0 spiro atoms. The molecule has 0 saturated heterocycles. The molecule has 0 aliphatic heterocycles. The number of hydrogen-bond acceptors (Lipinski definition) is 14. The molecule has 2 amide bonds. The molecule has 2 aromatic carbocycles. The summed E-state index contributed by atoms with van der Waals surface area (Å²) in [5.41, 5.74) is 1.64. The van der Waals surface area contributed by atoms with Crippen molar-refractivity contribution >= 4 is 24.1 Å². The monoisotopic (exact) mass is 806 g/mol. The number of alkyl carbamates (subject to hydrolysis) is 2. The number of esters is 2. The lowest BCUT2D eigenvalue weighted by Gasteiger charge is -2.22. The highest BCUT2D eigenvalue weighted by Crippen LogP contribution is 2.22. The minimum atomic E-state index is -0.728. The topological polar surface area (TPSA) is 207 Å². The van der Waals surface area contributed by atoms with Crippen LogP contribution in [0.25, 0.3) is 22.9 Å². The summed E-state index contributed by atoms with van der Waals surface area (Å²) in [7, 11) is 2.59. The largest absolute Gasteiger partial charge is 0.467 e. The van der Waals surface area contributed by atoms with Gasteiger partial charge < -0.3 is 38.4 Å². The van der Waals surface area contributed by atoms with E-state index in [1.807, 2.05) is 102 Å². The molecule has 0 aliphatic rings. The zero-order chi connectivity index (χ0) is 42.5. The molecule has 16 heteroatoms. The average Bonchev–Trinajstić information content (AvgIpc) is 3.91. The van der Waals surface area contributed by atoms with Gasteiger partial charge in [0.25, 0.3) is 0 Å². The first-order valence-electron chi connectivity index (χ1n) is 19.7. The van der Waals surface area contributed by atoms with E-state index in [9.17, 15) is 19.2 Å². The molecule has 0 unspecified atom stereocenters. The fourth-order valence-corrected chi connectivity index (χ4v) is 5.46. The Labute approximate surface area is 340 Å². The predicted octanol–water partition coefficient (Wildman–Crippen LogP) is 7.52. The zero-order valence-corrected chi connectivity index (χ0v) is 34.8. The summed E-state index contributed by atoms with van der Waals surface area (Å²) in [5, 5.41) is 21.5. The Kier molecular flexibility index (Phi) is 19.9. The van der Waals surface area contributed by atoms with E-state index in [4.69, 9.17) is 27.8 Å². The highest BCUT2D eigenvalue weighted by molar-refractivity contribution is 5.81. The third kappa shape index (κ3) is 15.6. The molecule has 0 aliphatic carbocycles. The van der Waals surface area contributed by atoms with E-state index in [1.54, 1.807) is 0 Å². The van der Waals surface area contributed by atoms with Gasteiger partial charge in [0.15, 0.2) is 0 Å². The first-order valence-corrected chi connectivity index (χ1v) is 19.7. The van der Waals surface area contributed by atoms with Crippen LogP contribution in [0.1, 0.15) is 91.8 Å². The summed E-state index contributed by atoms with van der Waals surface area (Å²) in [5.74, 6) is 0.648. The molecule has 16 nitrogen and oxygen atoms in total. The number of benzene rings is 2. The first kappa shape index (κ1) is 46.6. The normalized spacial score (nSPS) is 13.0. The minimum Gasteiger partial charge on any atom is -0.467 e. The molecular formula is C42H58N6O10. The van der Waals surface area contributed by atoms with Gasteiger partial charge in [-0.15, -0.1) is 20.4 Å². The second-order valence-corrected chi connectivity index (χ2v) is 14.2. The summed E-state index contributed by atoms with van der Waals surface area (Å²) < 4.78 is 32.0. The molecule has 2 heterocycles. The Morgan fingerprint density at radius 2 is 0.948 bits per heavy atom. The number of carbonyl (C=O) groups excluding carboxylic acids is 4. The van der Waals surface area contributed by atoms with Crippen LogP contribution < -0.4 is 10.6 Å². The quantitative estimate of drug-likeness (QED) is 0.0654. The molecule has 316 valence electrons. The molecule has 4 aromatic rings. The number of nitrogens with zero attached hydrogens (tertiary/aromatic N) is 4. The molecule has 2 N–H and O–H groups in total. The van der Waals surface area contributed by atoms with Gasteiger partial charge >= 0.3 is 24.1 Å². The number of methoxy groups -OCH3 is 2. The van der Waals surface area contributed by atoms with E-state index in [-0.39, 0.29) is 24.7 Å². The maximum atomic E-state index is 12.4. The summed E-state index contributed by atoms with van der Waals surface area (Å²) in [4.78, 5) is 48.5. The van der Waals surface area contributed by atoms with Gasteiger partial charge in [-0.05, 0) is 48.9 Å². The first-order chi connectivity index (χ1) is 27.9. The lowest BCUT2D eigenvalue weighted by molar-refractivity contribution is -0.144. The molecule has 0 fully saturated rings. The smallest absolute Gasteiger partial charge is 0.408 e. The van der Waals surface area contributed by atoms with Crippen LogP contribution in [-0.2, 0) is 41.4 Å². The van der Waals surface area contributed by atoms with Crippen molar-refractivity contribution in [2.75, 3.05) is 14.2 Å². The Morgan fingerprint density at radius 3 is 1.26 bits per heavy atom. The van der Waals surface area contributed by atoms with Gasteiger partial charge in [0.05, 0.1) is 27.1 Å². The minimum absolute atomic E-state index is 0.0139. The number of unbranched alkanes of at least 4 members (excludes halogenated alkanes) is 2. The highest BCUT2D eigenvalue weighted by Gasteiger charge is 2.28. The summed E-state index contributed by atoms with van der Waals surface area (Å²) in [6.45, 7) is 11.7. The van der Waals surface area contributed by atoms with Gasteiger partial charge in [0.1, 0.15) is 24.3 Å². The molecule has 2 aromatic heterocycles. The van der Waals surface area contributed by atoms with Crippen molar-refractivity contribution in [1.82, 2.24) is 31.0 Å². The number of rotatable bonds is 20. The maximum absolute atomic E-state index is 12.4. The van der Waals surface area contributed by atoms with Crippen LogP contribution in [0.15, 0.2) is 69.5 Å². The van der Waals surface area contributed by atoms with E-state index < -0.39 is 48.4 Å². The van der Waals surface area contributed by atoms with Gasteiger partial charge in [-0.1, -0.05) is 104 Å². The number of carbonyl (C=O) groups is 4. The maximum Gasteiger partial charge on any atom is 0.408 e. The molecule has 0 saturated carbocycles. The van der Waals surface area contributed by atoms with E-state index in [1.165, 1.54) is 14.2 Å². The van der Waals surface area contributed by atoms with Crippen molar-refractivity contribution < 1.29 is 47.0 Å². The lowest BCUT2D eigenvalue weighted by Crippen LogP contribution is -2.43. The number of ether oxygens (including phenoxy) is 4. The fourth-order valence-electron chi connectivity index (χ4n) is 5.46. The Morgan fingerprint density at radius 1 is 0.586 bits per heavy atom. The van der Waals surface area contributed by atoms with Crippen molar-refractivity contribution in [3.63, 3.8) is 0 Å². The van der Waals surface area contributed by atoms with E-state index in [0.717, 1.165) is 36.8 Å². The van der Waals surface area contributed by atoms with Crippen molar-refractivity contribution in [1.29, 1.82) is 0 Å². The Balaban J connectivity index is 0.000000310. The van der Waals surface area contributed by atoms with Crippen molar-refractivity contribution in [3.05, 3.63) is 72.4 Å². The molecule has 58 heavy (non-hydrogen) atoms. The van der Waals surface area contributed by atoms with Crippen LogP contribution in [0.4, 0.5) is 9.59 Å². The van der Waals surface area contributed by atoms with Crippen molar-refractivity contribution in [2.45, 2.75) is 117 Å². The van der Waals surface area contributed by atoms with Crippen molar-refractivity contribution in [3.8, 4) is 22.9 Å². The summed E-state index contributed by atoms with van der Waals surface area (Å²) in [6.07, 6.45) is 2.63. The van der Waals surface area contributed by atoms with E-state index in [0.29, 0.717) is 36.4 Å². The number of hydrogen-bond donors (Lipinski definition) is 2. The van der Waals surface area contributed by atoms with Gasteiger partial charge in [-0.25, -0.2) is 19.2 Å². The van der Waals surface area contributed by atoms with Crippen LogP contribution in [0.3, 0.4) is 0 Å². The van der Waals surface area contributed by atoms with Crippen molar-refractivity contribution in [2.24, 2.45) is 11.8 Å². The molecule has 0 radical (unpaired) electrons. The van der Waals surface area contributed by atoms with Gasteiger partial charge in [-0.3, -0.25) is 0 Å². The predicted molar refractivity (Wildman–Crippen MR) is 214 cm³/mol. The Bertz CT molecular complexity index is 1680. The molecule has 4 atom stereocenters. The van der Waals surface area contributed by atoms with Gasteiger partial charge in [0, 0.05) is 11.1 Å². The number of amides is 2. The SMILES string of the molecule is CCCC[C@H](NC(=O)O[C@@H](Cc1nnc(-c2ccccc2)o1)C(C)C)C(=O)OC.CCCC[C@H](NC(=O)O[C@H](Cc1nnc(-c2ccccc2)o1)C(C)C)C(=O)OC. The number of nitrogens with one attached hydrogen (secondary N) is 2. The Hall–Kier alpha value is -5.80. The van der Waals surface area contributed by atoms with E-state index >= 15 is 0 Å². The second-order valence-electron chi connectivity index (χ2n) is 14.2. The van der Waals surface area contributed by atoms with Crippen LogP contribution in [-0.4, -0.2) is 83.0 Å². The lowest BCUT2D eigenvalue weighted by atomic mass is 10.0. The van der Waals surface area contributed by atoms with Crippen LogP contribution >= 0.6 is 0 Å². The van der Waals surface area contributed by atoms with E-state index in [2.05, 4.69) is 31.0 Å². The summed E-state index contributed by atoms with van der Waals surface area (Å²) in [6, 6.07) is 17.4. The van der Waals surface area contributed by atoms with Crippen LogP contribution in [0.2, 0.25) is 0 Å². The fraction of sp³-hybridized carbons (Fsp3) is 0.524. The van der Waals surface area contributed by atoms with Gasteiger partial charge in [-0.2, -0.15) is 0 Å². The standard InChI is InChI=1S/2C21H29N3O5/c2*1-5-6-12-16(20(25)27-4)22-21(26)28-17(14(2)3)13-18-23-24-19(29-18)15-10-8-7-9-11-15/h2*7-11,14,16-17H,5-6,12-13H2,1-4H3,(H,22,26)/t16-,17+;16-,17-/m00/s1.